The minimum absolute atomic E-state index is 0.0386. The van der Waals surface area contributed by atoms with Crippen LogP contribution >= 0.6 is 0 Å². The maximum absolute atomic E-state index is 12.1. The van der Waals surface area contributed by atoms with Gasteiger partial charge in [-0.3, -0.25) is 14.7 Å². The van der Waals surface area contributed by atoms with E-state index in [0.717, 1.165) is 49.7 Å². The van der Waals surface area contributed by atoms with Crippen molar-refractivity contribution in [2.75, 3.05) is 46.8 Å². The number of carbonyl (C=O) groups excluding carboxylic acids is 1. The summed E-state index contributed by atoms with van der Waals surface area (Å²) in [7, 11) is 3.56. The maximum atomic E-state index is 12.1. The van der Waals surface area contributed by atoms with Gasteiger partial charge in [-0.15, -0.1) is 0 Å². The molecular weight excluding hydrogens is 350 g/mol. The number of rotatable bonds is 8. The van der Waals surface area contributed by atoms with E-state index < -0.39 is 0 Å². The van der Waals surface area contributed by atoms with Crippen molar-refractivity contribution < 1.29 is 4.79 Å². The lowest BCUT2D eigenvalue weighted by molar-refractivity contribution is 0.0827. The predicted octanol–water partition coefficient (Wildman–Crippen LogP) is 2.36. The van der Waals surface area contributed by atoms with Gasteiger partial charge in [0.25, 0.3) is 5.91 Å². The Morgan fingerprint density at radius 3 is 2.82 bits per heavy atom. The van der Waals surface area contributed by atoms with E-state index in [1.54, 1.807) is 19.0 Å². The highest BCUT2D eigenvalue weighted by Gasteiger charge is 2.17. The molecule has 1 unspecified atom stereocenters. The summed E-state index contributed by atoms with van der Waals surface area (Å²) in [4.78, 5) is 21.0. The topological polar surface area (TPSA) is 60.0 Å². The van der Waals surface area contributed by atoms with Gasteiger partial charge < -0.3 is 15.5 Å². The first kappa shape index (κ1) is 22.2. The van der Waals surface area contributed by atoms with E-state index in [1.807, 2.05) is 18.2 Å². The molecule has 1 aromatic rings. The number of hydrogen-bond acceptors (Lipinski definition) is 3. The summed E-state index contributed by atoms with van der Waals surface area (Å²) in [6.45, 7) is 9.06. The van der Waals surface area contributed by atoms with Crippen molar-refractivity contribution in [3.8, 4) is 0 Å². The van der Waals surface area contributed by atoms with E-state index in [-0.39, 0.29) is 5.91 Å². The smallest absolute Gasteiger partial charge is 0.253 e. The molecule has 1 aromatic carbocycles. The van der Waals surface area contributed by atoms with Gasteiger partial charge in [0.15, 0.2) is 5.96 Å². The van der Waals surface area contributed by atoms with Crippen LogP contribution in [0.2, 0.25) is 0 Å². The number of hydrogen-bond donors (Lipinski definition) is 2. The van der Waals surface area contributed by atoms with Gasteiger partial charge in [-0.05, 0) is 57.4 Å². The molecule has 156 valence electrons. The van der Waals surface area contributed by atoms with Crippen LogP contribution in [0.15, 0.2) is 29.3 Å². The van der Waals surface area contributed by atoms with E-state index >= 15 is 0 Å². The Morgan fingerprint density at radius 2 is 2.11 bits per heavy atom. The molecule has 2 N–H and O–H groups in total. The third kappa shape index (κ3) is 7.15. The van der Waals surface area contributed by atoms with Crippen molar-refractivity contribution in [1.29, 1.82) is 0 Å². The zero-order valence-corrected chi connectivity index (χ0v) is 18.0. The number of aliphatic imine (C=N–C) groups is 1. The summed E-state index contributed by atoms with van der Waals surface area (Å²) >= 11 is 0. The number of nitrogens with zero attached hydrogens (tertiary/aromatic N) is 3. The Bertz CT molecular complexity index is 644. The Kier molecular flexibility index (Phi) is 9.28. The third-order valence-corrected chi connectivity index (χ3v) is 5.23. The number of guanidine groups is 1. The number of nitrogens with one attached hydrogen (secondary N) is 2. The number of piperidine rings is 1. The number of benzene rings is 1. The van der Waals surface area contributed by atoms with Crippen LogP contribution in [0.3, 0.4) is 0 Å². The summed E-state index contributed by atoms with van der Waals surface area (Å²) < 4.78 is 0. The molecule has 1 heterocycles. The summed E-state index contributed by atoms with van der Waals surface area (Å²) in [5.41, 5.74) is 1.89. The lowest BCUT2D eigenvalue weighted by atomic mass is 10.0. The van der Waals surface area contributed by atoms with Crippen LogP contribution in [-0.4, -0.2) is 74.5 Å². The highest BCUT2D eigenvalue weighted by atomic mass is 16.2. The molecule has 6 nitrogen and oxygen atoms in total. The zero-order chi connectivity index (χ0) is 20.4. The monoisotopic (exact) mass is 387 g/mol. The fourth-order valence-corrected chi connectivity index (χ4v) is 3.57. The molecule has 1 fully saturated rings. The Hall–Kier alpha value is -2.08. The van der Waals surface area contributed by atoms with Gasteiger partial charge >= 0.3 is 0 Å². The Balaban J connectivity index is 1.82. The van der Waals surface area contributed by atoms with E-state index in [1.165, 1.54) is 25.8 Å². The molecule has 2 rings (SSSR count). The summed E-state index contributed by atoms with van der Waals surface area (Å²) in [6.07, 6.45) is 4.81. The van der Waals surface area contributed by atoms with Crippen LogP contribution in [0.1, 0.15) is 49.0 Å². The minimum Gasteiger partial charge on any atom is -0.357 e. The number of likely N-dealkylation sites (tertiary alicyclic amines) is 1. The van der Waals surface area contributed by atoms with Gasteiger partial charge in [-0.2, -0.15) is 0 Å². The van der Waals surface area contributed by atoms with Gasteiger partial charge in [0.1, 0.15) is 0 Å². The zero-order valence-electron chi connectivity index (χ0n) is 18.0. The molecule has 0 bridgehead atoms. The first-order valence-electron chi connectivity index (χ1n) is 10.6. The first-order chi connectivity index (χ1) is 13.5. The molecule has 1 aliphatic rings. The molecule has 6 heteroatoms. The van der Waals surface area contributed by atoms with Gasteiger partial charge in [0, 0.05) is 45.3 Å². The summed E-state index contributed by atoms with van der Waals surface area (Å²) in [6, 6.07) is 8.54. The lowest BCUT2D eigenvalue weighted by Crippen LogP contribution is -2.41. The number of amides is 1. The second kappa shape index (κ2) is 11.7. The Labute approximate surface area is 170 Å². The van der Waals surface area contributed by atoms with E-state index in [2.05, 4.69) is 35.4 Å². The average molecular weight is 388 g/mol. The van der Waals surface area contributed by atoms with Gasteiger partial charge in [0.2, 0.25) is 0 Å². The van der Waals surface area contributed by atoms with Crippen LogP contribution in [0.5, 0.6) is 0 Å². The first-order valence-corrected chi connectivity index (χ1v) is 10.6. The molecular formula is C22H37N5O. The van der Waals surface area contributed by atoms with Gasteiger partial charge in [0.05, 0.1) is 6.54 Å². The van der Waals surface area contributed by atoms with Crippen LogP contribution in [0.4, 0.5) is 0 Å². The molecule has 0 saturated carbocycles. The normalized spacial score (nSPS) is 18.0. The molecule has 1 saturated heterocycles. The van der Waals surface area contributed by atoms with Gasteiger partial charge in [-0.25, -0.2) is 0 Å². The van der Waals surface area contributed by atoms with E-state index in [9.17, 15) is 4.79 Å². The van der Waals surface area contributed by atoms with Gasteiger partial charge in [-0.1, -0.05) is 18.6 Å². The number of carbonyl (C=O) groups is 1. The molecule has 0 aliphatic carbocycles. The van der Waals surface area contributed by atoms with Crippen molar-refractivity contribution in [3.63, 3.8) is 0 Å². The van der Waals surface area contributed by atoms with Crippen LogP contribution in [0.25, 0.3) is 0 Å². The molecule has 0 radical (unpaired) electrons. The maximum Gasteiger partial charge on any atom is 0.253 e. The van der Waals surface area contributed by atoms with Crippen LogP contribution in [0, 0.1) is 0 Å². The highest BCUT2D eigenvalue weighted by Crippen LogP contribution is 2.15. The van der Waals surface area contributed by atoms with Crippen LogP contribution < -0.4 is 10.6 Å². The summed E-state index contributed by atoms with van der Waals surface area (Å²) in [5.74, 6) is 0.907. The molecule has 1 atom stereocenters. The predicted molar refractivity (Wildman–Crippen MR) is 117 cm³/mol. The minimum atomic E-state index is 0.0386. The highest BCUT2D eigenvalue weighted by molar-refractivity contribution is 5.94. The van der Waals surface area contributed by atoms with Crippen molar-refractivity contribution in [3.05, 3.63) is 35.4 Å². The van der Waals surface area contributed by atoms with Crippen molar-refractivity contribution in [2.24, 2.45) is 4.99 Å². The molecule has 0 spiro atoms. The molecule has 1 aliphatic heterocycles. The molecule has 0 aromatic heterocycles. The molecule has 28 heavy (non-hydrogen) atoms. The van der Waals surface area contributed by atoms with E-state index in [0.29, 0.717) is 6.04 Å². The van der Waals surface area contributed by atoms with Crippen molar-refractivity contribution in [1.82, 2.24) is 20.4 Å². The van der Waals surface area contributed by atoms with E-state index in [4.69, 9.17) is 4.99 Å². The summed E-state index contributed by atoms with van der Waals surface area (Å²) in [5, 5.41) is 6.74. The average Bonchev–Trinajstić information content (AvgIpc) is 2.69. The SMILES string of the molecule is CCNC(=NCCN1CCCCC1C)NCCc1cccc(C(=O)N(C)C)c1. The fourth-order valence-electron chi connectivity index (χ4n) is 3.57. The quantitative estimate of drug-likeness (QED) is 0.531. The van der Waals surface area contributed by atoms with Crippen molar-refractivity contribution in [2.45, 2.75) is 45.6 Å². The standard InChI is InChI=1S/C22H37N5O/c1-5-23-22(25-14-16-27-15-7-6-9-18(27)2)24-13-12-19-10-8-11-20(17-19)21(28)26(3)4/h8,10-11,17-18H,5-7,9,12-16H2,1-4H3,(H2,23,24,25). The Morgan fingerprint density at radius 1 is 1.29 bits per heavy atom. The fraction of sp³-hybridized carbons (Fsp3) is 0.636. The largest absolute Gasteiger partial charge is 0.357 e. The second-order valence-corrected chi connectivity index (χ2v) is 7.72. The lowest BCUT2D eigenvalue weighted by Gasteiger charge is -2.32. The van der Waals surface area contributed by atoms with Crippen molar-refractivity contribution >= 4 is 11.9 Å². The third-order valence-electron chi connectivity index (χ3n) is 5.23. The second-order valence-electron chi connectivity index (χ2n) is 7.72. The van der Waals surface area contributed by atoms with Crippen LogP contribution in [-0.2, 0) is 6.42 Å². The molecule has 1 amide bonds.